The highest BCUT2D eigenvalue weighted by molar-refractivity contribution is 5.69. The minimum atomic E-state index is -1.55. The highest BCUT2D eigenvalue weighted by atomic mass is 16.7. The molecule has 0 aromatic rings. The molecule has 9 nitrogen and oxygen atoms in total. The van der Waals surface area contributed by atoms with Crippen LogP contribution in [0.25, 0.3) is 0 Å². The first-order valence-electron chi connectivity index (χ1n) is 22.7. The van der Waals surface area contributed by atoms with Crippen molar-refractivity contribution < 1.29 is 44.2 Å². The maximum Gasteiger partial charge on any atom is 0.306 e. The molecule has 1 heterocycles. The molecule has 1 rings (SSSR count). The number of esters is 1. The molecule has 0 aromatic heterocycles. The molecule has 0 bridgehead atoms. The Hall–Kier alpha value is -2.63. The molecule has 0 aliphatic carbocycles. The van der Waals surface area contributed by atoms with Crippen LogP contribution < -0.4 is 0 Å². The number of hydrogen-bond acceptors (Lipinski definition) is 9. The van der Waals surface area contributed by atoms with Crippen molar-refractivity contribution in [3.63, 3.8) is 0 Å². The van der Waals surface area contributed by atoms with E-state index in [0.717, 1.165) is 64.2 Å². The van der Waals surface area contributed by atoms with Crippen molar-refractivity contribution in [3.05, 3.63) is 85.1 Å². The Labute approximate surface area is 352 Å². The molecule has 9 heteroatoms. The summed E-state index contributed by atoms with van der Waals surface area (Å²) in [5, 5.41) is 40.1. The summed E-state index contributed by atoms with van der Waals surface area (Å²) < 4.78 is 22.7. The molecule has 1 aliphatic heterocycles. The first-order chi connectivity index (χ1) is 28.4. The first-order valence-corrected chi connectivity index (χ1v) is 22.7. The second-order valence-electron chi connectivity index (χ2n) is 15.1. The Kier molecular flexibility index (Phi) is 36.6. The summed E-state index contributed by atoms with van der Waals surface area (Å²) in [5.41, 5.74) is 0. The fraction of sp³-hybridized carbons (Fsp3) is 0.694. The summed E-state index contributed by atoms with van der Waals surface area (Å²) in [6.07, 6.45) is 46.1. The SMILES string of the molecule is CC/C=C\C/C=C\C/C=C\C/C=C\C/C=C\C/C=C\C/C=C\CCCC(=O)OC(COCCCCCCCCCCCCCC)COC1OC(CO)C(O)C(O)C1O. The lowest BCUT2D eigenvalue weighted by Crippen LogP contribution is -2.59. The number of allylic oxidation sites excluding steroid dienone is 14. The van der Waals surface area contributed by atoms with E-state index in [0.29, 0.717) is 13.0 Å². The topological polar surface area (TPSA) is 135 Å². The molecular weight excluding hydrogens is 733 g/mol. The second kappa shape index (κ2) is 39.8. The van der Waals surface area contributed by atoms with Crippen LogP contribution in [0.2, 0.25) is 0 Å². The van der Waals surface area contributed by atoms with Crippen LogP contribution in [0.1, 0.15) is 155 Å². The molecule has 1 aliphatic rings. The van der Waals surface area contributed by atoms with Crippen molar-refractivity contribution in [1.82, 2.24) is 0 Å². The average Bonchev–Trinajstić information content (AvgIpc) is 3.22. The fourth-order valence-electron chi connectivity index (χ4n) is 6.30. The van der Waals surface area contributed by atoms with Crippen LogP contribution in [0.4, 0.5) is 0 Å². The van der Waals surface area contributed by atoms with Crippen molar-refractivity contribution >= 4 is 5.97 Å². The second-order valence-corrected chi connectivity index (χ2v) is 15.1. The Morgan fingerprint density at radius 2 is 1.03 bits per heavy atom. The van der Waals surface area contributed by atoms with Gasteiger partial charge >= 0.3 is 5.97 Å². The van der Waals surface area contributed by atoms with Crippen LogP contribution in [-0.2, 0) is 23.7 Å². The van der Waals surface area contributed by atoms with Gasteiger partial charge in [-0.25, -0.2) is 0 Å². The van der Waals surface area contributed by atoms with E-state index in [-0.39, 0.29) is 25.6 Å². The zero-order valence-electron chi connectivity index (χ0n) is 36.3. The third-order valence-electron chi connectivity index (χ3n) is 9.83. The van der Waals surface area contributed by atoms with Gasteiger partial charge in [-0.1, -0.05) is 170 Å². The number of ether oxygens (including phenoxy) is 4. The molecule has 58 heavy (non-hydrogen) atoms. The zero-order valence-corrected chi connectivity index (χ0v) is 36.3. The van der Waals surface area contributed by atoms with Gasteiger partial charge in [-0.2, -0.15) is 0 Å². The number of rotatable bonds is 37. The predicted octanol–water partition coefficient (Wildman–Crippen LogP) is 10.2. The largest absolute Gasteiger partial charge is 0.457 e. The number of carbonyl (C=O) groups is 1. The van der Waals surface area contributed by atoms with E-state index in [2.05, 4.69) is 98.9 Å². The van der Waals surface area contributed by atoms with E-state index in [1.807, 2.05) is 0 Å². The van der Waals surface area contributed by atoms with Gasteiger partial charge in [0.25, 0.3) is 0 Å². The van der Waals surface area contributed by atoms with Crippen LogP contribution in [0.5, 0.6) is 0 Å². The number of aliphatic hydroxyl groups is 4. The van der Waals surface area contributed by atoms with E-state index in [4.69, 9.17) is 18.9 Å². The van der Waals surface area contributed by atoms with E-state index in [9.17, 15) is 25.2 Å². The molecular formula is C49H82O9. The van der Waals surface area contributed by atoms with E-state index in [1.54, 1.807) is 0 Å². The van der Waals surface area contributed by atoms with Gasteiger partial charge in [0.1, 0.15) is 30.5 Å². The van der Waals surface area contributed by atoms with E-state index < -0.39 is 43.4 Å². The van der Waals surface area contributed by atoms with Crippen molar-refractivity contribution in [2.45, 2.75) is 192 Å². The van der Waals surface area contributed by atoms with Gasteiger partial charge in [-0.3, -0.25) is 4.79 Å². The smallest absolute Gasteiger partial charge is 0.306 e. The molecule has 1 fully saturated rings. The van der Waals surface area contributed by atoms with Crippen molar-refractivity contribution in [3.8, 4) is 0 Å². The number of carbonyl (C=O) groups excluding carboxylic acids is 1. The number of aliphatic hydroxyl groups excluding tert-OH is 4. The summed E-state index contributed by atoms with van der Waals surface area (Å²) in [6, 6.07) is 0. The van der Waals surface area contributed by atoms with Gasteiger partial charge in [0.2, 0.25) is 0 Å². The summed E-state index contributed by atoms with van der Waals surface area (Å²) in [7, 11) is 0. The summed E-state index contributed by atoms with van der Waals surface area (Å²) in [6.45, 7) is 4.36. The van der Waals surface area contributed by atoms with Crippen molar-refractivity contribution in [1.29, 1.82) is 0 Å². The Morgan fingerprint density at radius 1 is 0.569 bits per heavy atom. The monoisotopic (exact) mass is 815 g/mol. The van der Waals surface area contributed by atoms with Gasteiger partial charge in [0, 0.05) is 13.0 Å². The Balaban J connectivity index is 2.31. The van der Waals surface area contributed by atoms with Gasteiger partial charge in [-0.15, -0.1) is 0 Å². The Morgan fingerprint density at radius 3 is 1.52 bits per heavy atom. The van der Waals surface area contributed by atoms with Crippen molar-refractivity contribution in [2.75, 3.05) is 26.4 Å². The van der Waals surface area contributed by atoms with Crippen LogP contribution in [0.15, 0.2) is 85.1 Å². The molecule has 0 amide bonds. The van der Waals surface area contributed by atoms with Crippen LogP contribution >= 0.6 is 0 Å². The zero-order chi connectivity index (χ0) is 42.2. The van der Waals surface area contributed by atoms with Crippen LogP contribution in [-0.4, -0.2) is 89.6 Å². The lowest BCUT2D eigenvalue weighted by Gasteiger charge is -2.39. The van der Waals surface area contributed by atoms with E-state index in [1.165, 1.54) is 64.2 Å². The minimum Gasteiger partial charge on any atom is -0.457 e. The quantitative estimate of drug-likeness (QED) is 0.0275. The fourth-order valence-corrected chi connectivity index (χ4v) is 6.30. The van der Waals surface area contributed by atoms with Gasteiger partial charge in [-0.05, 0) is 64.2 Å². The molecule has 332 valence electrons. The summed E-state index contributed by atoms with van der Waals surface area (Å²) in [5.74, 6) is -0.373. The average molecular weight is 815 g/mol. The first kappa shape index (κ1) is 53.4. The standard InChI is InChI=1S/C49H82O9/c1-3-5-7-9-11-13-15-17-18-19-20-21-22-23-24-25-26-27-28-30-32-34-36-38-45(51)57-43(42-56-49-48(54)47(53)46(52)44(40-50)58-49)41-55-39-37-35-33-31-29-16-14-12-10-8-6-4-2/h5,7,11,13,17-18,20-21,23-24,26-27,30,32,43-44,46-50,52-54H,3-4,6,8-10,12,14-16,19,22,25,28-29,31,33-42H2,1-2H3/b7-5-,13-11-,18-17-,21-20-,24-23-,27-26-,32-30-. The van der Waals surface area contributed by atoms with E-state index >= 15 is 0 Å². The molecule has 0 spiro atoms. The minimum absolute atomic E-state index is 0.118. The van der Waals surface area contributed by atoms with Crippen LogP contribution in [0, 0.1) is 0 Å². The number of unbranched alkanes of at least 4 members (excludes halogenated alkanes) is 12. The molecule has 0 saturated carbocycles. The number of hydrogen-bond donors (Lipinski definition) is 4. The maximum absolute atomic E-state index is 12.8. The predicted molar refractivity (Wildman–Crippen MR) is 237 cm³/mol. The highest BCUT2D eigenvalue weighted by Gasteiger charge is 2.44. The normalized spacial score (nSPS) is 21.1. The van der Waals surface area contributed by atoms with Crippen molar-refractivity contribution in [2.24, 2.45) is 0 Å². The Bertz CT molecular complexity index is 1150. The third kappa shape index (κ3) is 30.4. The maximum atomic E-state index is 12.8. The summed E-state index contributed by atoms with van der Waals surface area (Å²) in [4.78, 5) is 12.8. The summed E-state index contributed by atoms with van der Waals surface area (Å²) >= 11 is 0. The third-order valence-corrected chi connectivity index (χ3v) is 9.83. The molecule has 1 saturated heterocycles. The van der Waals surface area contributed by atoms with Crippen LogP contribution in [0.3, 0.4) is 0 Å². The molecule has 4 N–H and O–H groups in total. The molecule has 0 aromatic carbocycles. The van der Waals surface area contributed by atoms with Gasteiger partial charge in [0.15, 0.2) is 6.29 Å². The molecule has 0 radical (unpaired) electrons. The molecule has 6 atom stereocenters. The lowest BCUT2D eigenvalue weighted by atomic mass is 9.99. The molecule has 6 unspecified atom stereocenters. The van der Waals surface area contributed by atoms with Gasteiger partial charge < -0.3 is 39.4 Å². The highest BCUT2D eigenvalue weighted by Crippen LogP contribution is 2.22. The van der Waals surface area contributed by atoms with Gasteiger partial charge in [0.05, 0.1) is 19.8 Å². The lowest BCUT2D eigenvalue weighted by molar-refractivity contribution is -0.305.